The van der Waals surface area contributed by atoms with E-state index in [9.17, 15) is 18.0 Å². The summed E-state index contributed by atoms with van der Waals surface area (Å²) in [4.78, 5) is 11.0. The first-order chi connectivity index (χ1) is 9.99. The molecule has 21 heavy (non-hydrogen) atoms. The molecular formula is C14H15F3N2O2. The third-order valence-electron chi connectivity index (χ3n) is 4.51. The molecule has 2 aliphatic rings. The van der Waals surface area contributed by atoms with Gasteiger partial charge in [0.25, 0.3) is 0 Å². The van der Waals surface area contributed by atoms with Gasteiger partial charge in [-0.1, -0.05) is 6.07 Å². The van der Waals surface area contributed by atoms with E-state index in [-0.39, 0.29) is 17.5 Å². The second kappa shape index (κ2) is 5.31. The van der Waals surface area contributed by atoms with Gasteiger partial charge in [0.15, 0.2) is 17.5 Å². The molecule has 1 aromatic rings. The average molecular weight is 300 g/mol. The molecule has 3 rings (SSSR count). The molecule has 3 N–H and O–H groups in total. The van der Waals surface area contributed by atoms with Crippen molar-refractivity contribution in [3.05, 3.63) is 35.1 Å². The Morgan fingerprint density at radius 2 is 1.90 bits per heavy atom. The second-order valence-electron chi connectivity index (χ2n) is 5.65. The zero-order valence-corrected chi connectivity index (χ0v) is 11.1. The highest BCUT2D eigenvalue weighted by molar-refractivity contribution is 5.70. The first-order valence-corrected chi connectivity index (χ1v) is 6.86. The normalized spacial score (nSPS) is 32.0. The number of halogens is 3. The molecule has 1 saturated carbocycles. The van der Waals surface area contributed by atoms with Gasteiger partial charge in [-0.2, -0.15) is 0 Å². The maximum atomic E-state index is 13.9. The Labute approximate surface area is 119 Å². The molecule has 0 radical (unpaired) electrons. The molecular weight excluding hydrogens is 285 g/mol. The van der Waals surface area contributed by atoms with Gasteiger partial charge in [-0.05, 0) is 31.2 Å². The Kier molecular flexibility index (Phi) is 3.62. The van der Waals surface area contributed by atoms with E-state index in [1.54, 1.807) is 0 Å². The van der Waals surface area contributed by atoms with Crippen LogP contribution in [0.1, 0.15) is 30.9 Å². The Balaban J connectivity index is 1.83. The van der Waals surface area contributed by atoms with E-state index in [4.69, 9.17) is 5.11 Å². The number of aliphatic carboxylic acids is 1. The van der Waals surface area contributed by atoms with Gasteiger partial charge in [0.05, 0.1) is 12.0 Å². The van der Waals surface area contributed by atoms with E-state index in [1.807, 2.05) is 0 Å². The second-order valence-corrected chi connectivity index (χ2v) is 5.65. The molecule has 1 aromatic carbocycles. The molecule has 1 aliphatic carbocycles. The van der Waals surface area contributed by atoms with E-state index >= 15 is 0 Å². The fourth-order valence-corrected chi connectivity index (χ4v) is 3.38. The summed E-state index contributed by atoms with van der Waals surface area (Å²) in [5.74, 6) is -5.17. The van der Waals surface area contributed by atoms with Crippen LogP contribution in [0.2, 0.25) is 0 Å². The number of nitrogens with one attached hydrogen (secondary N) is 2. The van der Waals surface area contributed by atoms with Gasteiger partial charge in [0, 0.05) is 11.6 Å². The first kappa shape index (κ1) is 14.3. The molecule has 0 amide bonds. The summed E-state index contributed by atoms with van der Waals surface area (Å²) in [5.41, 5.74) is 5.92. The van der Waals surface area contributed by atoms with Crippen LogP contribution in [0.15, 0.2) is 12.1 Å². The largest absolute Gasteiger partial charge is 0.481 e. The van der Waals surface area contributed by atoms with Gasteiger partial charge >= 0.3 is 5.97 Å². The van der Waals surface area contributed by atoms with Crippen molar-refractivity contribution in [1.29, 1.82) is 0 Å². The lowest BCUT2D eigenvalue weighted by Gasteiger charge is -2.31. The lowest BCUT2D eigenvalue weighted by Crippen LogP contribution is -2.38. The maximum absolute atomic E-state index is 13.9. The highest BCUT2D eigenvalue weighted by atomic mass is 19.2. The van der Waals surface area contributed by atoms with E-state index in [2.05, 4.69) is 10.9 Å². The predicted octanol–water partition coefficient (Wildman–Crippen LogP) is 2.12. The Morgan fingerprint density at radius 1 is 1.14 bits per heavy atom. The fraction of sp³-hybridized carbons (Fsp3) is 0.500. The van der Waals surface area contributed by atoms with Gasteiger partial charge in [-0.15, -0.1) is 0 Å². The number of carboxylic acids is 1. The third kappa shape index (κ3) is 2.40. The van der Waals surface area contributed by atoms with Crippen LogP contribution in [0.25, 0.3) is 0 Å². The van der Waals surface area contributed by atoms with Crippen LogP contribution in [0, 0.1) is 29.3 Å². The molecule has 0 aromatic heterocycles. The molecule has 7 heteroatoms. The van der Waals surface area contributed by atoms with Crippen molar-refractivity contribution in [3.8, 4) is 0 Å². The van der Waals surface area contributed by atoms with Crippen molar-refractivity contribution in [2.45, 2.75) is 31.3 Å². The molecule has 2 fully saturated rings. The zero-order chi connectivity index (χ0) is 15.1. The van der Waals surface area contributed by atoms with Crippen LogP contribution in [-0.4, -0.2) is 17.1 Å². The molecule has 114 valence electrons. The molecule has 1 aliphatic heterocycles. The average Bonchev–Trinajstić information content (AvgIpc) is 2.88. The number of rotatable bonds is 2. The number of hydrogen-bond acceptors (Lipinski definition) is 3. The minimum absolute atomic E-state index is 0.0417. The number of benzene rings is 1. The predicted molar refractivity (Wildman–Crippen MR) is 67.6 cm³/mol. The van der Waals surface area contributed by atoms with Gasteiger partial charge in [-0.3, -0.25) is 10.2 Å². The molecule has 0 spiro atoms. The van der Waals surface area contributed by atoms with Gasteiger partial charge < -0.3 is 5.11 Å². The number of carbonyl (C=O) groups is 1. The highest BCUT2D eigenvalue weighted by Gasteiger charge is 2.43. The van der Waals surface area contributed by atoms with Gasteiger partial charge in [0.2, 0.25) is 0 Å². The van der Waals surface area contributed by atoms with Crippen molar-refractivity contribution in [3.63, 3.8) is 0 Å². The van der Waals surface area contributed by atoms with E-state index < -0.39 is 35.4 Å². The molecule has 4 atom stereocenters. The first-order valence-electron chi connectivity index (χ1n) is 6.86. The standard InChI is InChI=1S/C14H15F3N2O2/c15-9-4-3-8(11(16)12(9)17)13-7-2-1-6(14(20)21)5-10(7)18-19-13/h3-4,6-7,10,13,18-19H,1-2,5H2,(H,20,21). The summed E-state index contributed by atoms with van der Waals surface area (Å²) in [5, 5.41) is 9.05. The highest BCUT2D eigenvalue weighted by Crippen LogP contribution is 2.41. The molecule has 1 saturated heterocycles. The van der Waals surface area contributed by atoms with E-state index in [1.165, 1.54) is 6.07 Å². The van der Waals surface area contributed by atoms with Crippen LogP contribution in [0.3, 0.4) is 0 Å². The molecule has 4 unspecified atom stereocenters. The molecule has 4 nitrogen and oxygen atoms in total. The van der Waals surface area contributed by atoms with Gasteiger partial charge in [-0.25, -0.2) is 18.6 Å². The zero-order valence-electron chi connectivity index (χ0n) is 11.1. The molecule has 1 heterocycles. The number of fused-ring (bicyclic) bond motifs is 1. The quantitative estimate of drug-likeness (QED) is 0.732. The van der Waals surface area contributed by atoms with E-state index in [0.717, 1.165) is 6.07 Å². The Hall–Kier alpha value is -1.60. The summed E-state index contributed by atoms with van der Waals surface area (Å²) in [7, 11) is 0. The fourth-order valence-electron chi connectivity index (χ4n) is 3.38. The van der Waals surface area contributed by atoms with Crippen molar-refractivity contribution in [2.75, 3.05) is 0 Å². The maximum Gasteiger partial charge on any atom is 0.306 e. The summed E-state index contributed by atoms with van der Waals surface area (Å²) in [6.45, 7) is 0. The minimum Gasteiger partial charge on any atom is -0.481 e. The summed E-state index contributed by atoms with van der Waals surface area (Å²) >= 11 is 0. The minimum atomic E-state index is -1.48. The smallest absolute Gasteiger partial charge is 0.306 e. The van der Waals surface area contributed by atoms with Crippen LogP contribution in [0.4, 0.5) is 13.2 Å². The van der Waals surface area contributed by atoms with Crippen LogP contribution in [-0.2, 0) is 4.79 Å². The topological polar surface area (TPSA) is 61.4 Å². The third-order valence-corrected chi connectivity index (χ3v) is 4.51. The van der Waals surface area contributed by atoms with Crippen molar-refractivity contribution in [1.82, 2.24) is 10.9 Å². The summed E-state index contributed by atoms with van der Waals surface area (Å²) < 4.78 is 40.3. The van der Waals surface area contributed by atoms with Crippen molar-refractivity contribution >= 4 is 5.97 Å². The van der Waals surface area contributed by atoms with Gasteiger partial charge in [0.1, 0.15) is 0 Å². The lowest BCUT2D eigenvalue weighted by molar-refractivity contribution is -0.143. The molecule has 0 bridgehead atoms. The monoisotopic (exact) mass is 300 g/mol. The number of hydrogen-bond donors (Lipinski definition) is 3. The van der Waals surface area contributed by atoms with Crippen LogP contribution >= 0.6 is 0 Å². The van der Waals surface area contributed by atoms with Crippen LogP contribution in [0.5, 0.6) is 0 Å². The Morgan fingerprint density at radius 3 is 2.62 bits per heavy atom. The Bertz CT molecular complexity index is 582. The summed E-state index contributed by atoms with van der Waals surface area (Å²) in [6, 6.07) is 1.54. The number of carboxylic acid groups (broad SMARTS) is 1. The lowest BCUT2D eigenvalue weighted by atomic mass is 9.75. The van der Waals surface area contributed by atoms with Crippen molar-refractivity contribution in [2.24, 2.45) is 11.8 Å². The van der Waals surface area contributed by atoms with E-state index in [0.29, 0.717) is 19.3 Å². The van der Waals surface area contributed by atoms with Crippen molar-refractivity contribution < 1.29 is 23.1 Å². The summed E-state index contributed by atoms with van der Waals surface area (Å²) in [6.07, 6.45) is 1.53. The SMILES string of the molecule is O=C(O)C1CCC2C(C1)NNC2c1ccc(F)c(F)c1F. The number of hydrazine groups is 1. The van der Waals surface area contributed by atoms with Crippen LogP contribution < -0.4 is 10.9 Å².